The Balaban J connectivity index is 1.29. The zero-order chi connectivity index (χ0) is 24.8. The minimum atomic E-state index is -1.31. The number of carbonyl (C=O) groups excluding carboxylic acids is 2. The summed E-state index contributed by atoms with van der Waals surface area (Å²) in [7, 11) is 1.34. The van der Waals surface area contributed by atoms with E-state index >= 15 is 0 Å². The van der Waals surface area contributed by atoms with Crippen LogP contribution in [0.3, 0.4) is 0 Å². The Labute approximate surface area is 203 Å². The average Bonchev–Trinajstić information content (AvgIpc) is 3.19. The normalized spacial score (nSPS) is 19.3. The highest BCUT2D eigenvalue weighted by Crippen LogP contribution is 2.44. The van der Waals surface area contributed by atoms with Gasteiger partial charge in [-0.05, 0) is 35.1 Å². The van der Waals surface area contributed by atoms with Gasteiger partial charge in [0.05, 0.1) is 12.6 Å². The molecule has 2 aliphatic carbocycles. The minimum absolute atomic E-state index is 0.0417. The van der Waals surface area contributed by atoms with E-state index in [1.807, 2.05) is 30.3 Å². The van der Waals surface area contributed by atoms with Gasteiger partial charge < -0.3 is 19.9 Å². The molecule has 2 aliphatic rings. The van der Waals surface area contributed by atoms with Gasteiger partial charge >= 0.3 is 12.1 Å². The van der Waals surface area contributed by atoms with Crippen molar-refractivity contribution in [2.45, 2.75) is 30.9 Å². The number of rotatable bonds is 9. The van der Waals surface area contributed by atoms with E-state index < -0.39 is 36.0 Å². The molecular formula is C26H28N2O7. The van der Waals surface area contributed by atoms with Crippen molar-refractivity contribution in [3.05, 3.63) is 71.8 Å². The number of benzene rings is 2. The fourth-order valence-corrected chi connectivity index (χ4v) is 4.52. The van der Waals surface area contributed by atoms with Crippen LogP contribution in [0.4, 0.5) is 4.79 Å². The Morgan fingerprint density at radius 3 is 2.34 bits per heavy atom. The third-order valence-corrected chi connectivity index (χ3v) is 6.24. The van der Waals surface area contributed by atoms with Crippen molar-refractivity contribution >= 4 is 18.0 Å². The van der Waals surface area contributed by atoms with Crippen LogP contribution in [0, 0.1) is 5.92 Å². The van der Waals surface area contributed by atoms with Crippen LogP contribution in [0.25, 0.3) is 11.1 Å². The second-order valence-electron chi connectivity index (χ2n) is 8.54. The number of alkyl carbamates (subject to hydrolysis) is 1. The predicted molar refractivity (Wildman–Crippen MR) is 126 cm³/mol. The van der Waals surface area contributed by atoms with E-state index in [0.29, 0.717) is 12.8 Å². The molecule has 0 aliphatic heterocycles. The number of methoxy groups -OCH3 is 1. The van der Waals surface area contributed by atoms with Gasteiger partial charge in [-0.25, -0.2) is 15.1 Å². The topological polar surface area (TPSA) is 123 Å². The number of carboxylic acids is 1. The highest BCUT2D eigenvalue weighted by atomic mass is 16.7. The number of carbonyl (C=O) groups is 3. The molecule has 0 spiro atoms. The van der Waals surface area contributed by atoms with Crippen LogP contribution in [0.1, 0.15) is 29.9 Å². The number of allylic oxidation sites excluding steroid dienone is 1. The number of nitrogens with one attached hydrogen (secondary N) is 2. The summed E-state index contributed by atoms with van der Waals surface area (Å²) in [5.41, 5.74) is 6.76. The van der Waals surface area contributed by atoms with E-state index in [4.69, 9.17) is 19.4 Å². The first kappa shape index (κ1) is 24.4. The van der Waals surface area contributed by atoms with E-state index in [1.54, 1.807) is 6.08 Å². The second kappa shape index (κ2) is 11.2. The number of hydroxylamine groups is 1. The Hall–Kier alpha value is -3.69. The number of aliphatic carboxylic acids is 1. The summed E-state index contributed by atoms with van der Waals surface area (Å²) in [6.07, 6.45) is 2.52. The number of fused-ring (bicyclic) bond motifs is 3. The van der Waals surface area contributed by atoms with Crippen LogP contribution >= 0.6 is 0 Å². The zero-order valence-corrected chi connectivity index (χ0v) is 19.3. The molecule has 0 saturated heterocycles. The molecule has 0 radical (unpaired) electrons. The van der Waals surface area contributed by atoms with Crippen molar-refractivity contribution in [3.8, 4) is 11.1 Å². The molecule has 0 aromatic heterocycles. The van der Waals surface area contributed by atoms with Gasteiger partial charge in [-0.2, -0.15) is 0 Å². The zero-order valence-electron chi connectivity index (χ0n) is 19.3. The standard InChI is InChI=1S/C26H28N2O7/c1-33-15-23(25(30)31)35-28-24(29)16-7-6-8-17(13-16)27-26(32)34-14-22-20-11-4-2-9-18(20)19-10-3-5-12-21(19)22/h2-6,8-12,16-17,22-23H,7,13-15H2,1H3,(H,27,32)(H,28,29)(H,30,31)/t16-,17-,23?/m1/s1. The Bertz CT molecular complexity index is 1070. The van der Waals surface area contributed by atoms with Crippen molar-refractivity contribution in [2.24, 2.45) is 5.92 Å². The quantitative estimate of drug-likeness (QED) is 0.372. The van der Waals surface area contributed by atoms with E-state index in [0.717, 1.165) is 22.3 Å². The van der Waals surface area contributed by atoms with E-state index in [-0.39, 0.29) is 19.1 Å². The molecule has 0 saturated carbocycles. The number of hydrogen-bond acceptors (Lipinski definition) is 6. The molecule has 9 heteroatoms. The van der Waals surface area contributed by atoms with E-state index in [2.05, 4.69) is 35.1 Å². The molecule has 3 atom stereocenters. The maximum Gasteiger partial charge on any atom is 0.407 e. The molecule has 0 fully saturated rings. The molecule has 2 aromatic carbocycles. The van der Waals surface area contributed by atoms with Gasteiger partial charge in [-0.15, -0.1) is 0 Å². The first-order valence-electron chi connectivity index (χ1n) is 11.4. The van der Waals surface area contributed by atoms with Crippen LogP contribution < -0.4 is 10.8 Å². The van der Waals surface area contributed by atoms with Crippen LogP contribution in [-0.4, -0.2) is 55.5 Å². The maximum absolute atomic E-state index is 12.6. The van der Waals surface area contributed by atoms with Gasteiger partial charge in [0.15, 0.2) is 0 Å². The molecular weight excluding hydrogens is 452 g/mol. The number of hydrogen-bond donors (Lipinski definition) is 3. The van der Waals surface area contributed by atoms with Crippen LogP contribution in [0.15, 0.2) is 60.7 Å². The van der Waals surface area contributed by atoms with Gasteiger partial charge in [0.2, 0.25) is 12.0 Å². The highest BCUT2D eigenvalue weighted by Gasteiger charge is 2.30. The molecule has 4 rings (SSSR count). The van der Waals surface area contributed by atoms with Gasteiger partial charge in [0.25, 0.3) is 0 Å². The Morgan fingerprint density at radius 2 is 1.71 bits per heavy atom. The lowest BCUT2D eigenvalue weighted by Gasteiger charge is -2.25. The number of carboxylic acid groups (broad SMARTS) is 1. The van der Waals surface area contributed by atoms with Gasteiger partial charge in [-0.1, -0.05) is 60.7 Å². The van der Waals surface area contributed by atoms with Gasteiger partial charge in [0.1, 0.15) is 6.61 Å². The molecule has 1 unspecified atom stereocenters. The monoisotopic (exact) mass is 480 g/mol. The molecule has 35 heavy (non-hydrogen) atoms. The average molecular weight is 481 g/mol. The highest BCUT2D eigenvalue weighted by molar-refractivity contribution is 5.80. The predicted octanol–water partition coefficient (Wildman–Crippen LogP) is 3.01. The largest absolute Gasteiger partial charge is 0.479 e. The summed E-state index contributed by atoms with van der Waals surface area (Å²) in [6, 6.07) is 15.8. The summed E-state index contributed by atoms with van der Waals surface area (Å²) in [5.74, 6) is -2.24. The summed E-state index contributed by atoms with van der Waals surface area (Å²) < 4.78 is 10.4. The smallest absolute Gasteiger partial charge is 0.407 e. The van der Waals surface area contributed by atoms with Crippen LogP contribution in [-0.2, 0) is 23.9 Å². The third kappa shape index (κ3) is 5.70. The molecule has 2 aromatic rings. The second-order valence-corrected chi connectivity index (χ2v) is 8.54. The number of amides is 2. The Morgan fingerprint density at radius 1 is 1.06 bits per heavy atom. The van der Waals surface area contributed by atoms with Gasteiger partial charge in [-0.3, -0.25) is 9.63 Å². The minimum Gasteiger partial charge on any atom is -0.479 e. The lowest BCUT2D eigenvalue weighted by molar-refractivity contribution is -0.166. The van der Waals surface area contributed by atoms with Crippen molar-refractivity contribution in [3.63, 3.8) is 0 Å². The van der Waals surface area contributed by atoms with Crippen molar-refractivity contribution in [2.75, 3.05) is 20.3 Å². The number of ether oxygens (including phenoxy) is 2. The molecule has 3 N–H and O–H groups in total. The molecule has 2 amide bonds. The molecule has 184 valence electrons. The van der Waals surface area contributed by atoms with E-state index in [1.165, 1.54) is 7.11 Å². The van der Waals surface area contributed by atoms with Gasteiger partial charge in [0, 0.05) is 18.9 Å². The summed E-state index contributed by atoms with van der Waals surface area (Å²) >= 11 is 0. The van der Waals surface area contributed by atoms with Crippen molar-refractivity contribution in [1.82, 2.24) is 10.8 Å². The fraction of sp³-hybridized carbons (Fsp3) is 0.346. The lowest BCUT2D eigenvalue weighted by Crippen LogP contribution is -2.43. The molecule has 0 bridgehead atoms. The molecule has 0 heterocycles. The van der Waals surface area contributed by atoms with Crippen LogP contribution in [0.5, 0.6) is 0 Å². The summed E-state index contributed by atoms with van der Waals surface area (Å²) in [4.78, 5) is 41.1. The SMILES string of the molecule is COCC(ONC(=O)[C@@H]1CC=C[C@@H](NC(=O)OCC2c3ccccc3-c3ccccc32)C1)C(=O)O. The maximum atomic E-state index is 12.6. The lowest BCUT2D eigenvalue weighted by atomic mass is 9.90. The Kier molecular flexibility index (Phi) is 7.79. The van der Waals surface area contributed by atoms with Crippen LogP contribution in [0.2, 0.25) is 0 Å². The van der Waals surface area contributed by atoms with Crippen molar-refractivity contribution in [1.29, 1.82) is 0 Å². The fourth-order valence-electron chi connectivity index (χ4n) is 4.52. The first-order chi connectivity index (χ1) is 17.0. The summed E-state index contributed by atoms with van der Waals surface area (Å²) in [6.45, 7) is -0.00370. The first-order valence-corrected chi connectivity index (χ1v) is 11.4. The third-order valence-electron chi connectivity index (χ3n) is 6.24. The van der Waals surface area contributed by atoms with E-state index in [9.17, 15) is 14.4 Å². The molecule has 9 nitrogen and oxygen atoms in total. The van der Waals surface area contributed by atoms with Crippen molar-refractivity contribution < 1.29 is 33.8 Å². The summed E-state index contributed by atoms with van der Waals surface area (Å²) in [5, 5.41) is 11.9.